The lowest BCUT2D eigenvalue weighted by molar-refractivity contribution is 0.268. The first-order valence-corrected chi connectivity index (χ1v) is 6.19. The molecule has 0 aliphatic rings. The summed E-state index contributed by atoms with van der Waals surface area (Å²) in [4.78, 5) is 13.7. The molecule has 4 nitrogen and oxygen atoms in total. The fourth-order valence-corrected chi connectivity index (χ4v) is 1.77. The molecule has 0 aromatic carbocycles. The molecule has 0 aliphatic carbocycles. The van der Waals surface area contributed by atoms with E-state index in [1.165, 1.54) is 25.1 Å². The molecule has 0 bridgehead atoms. The highest BCUT2D eigenvalue weighted by atomic mass is 16.3. The van der Waals surface area contributed by atoms with Gasteiger partial charge in [-0.15, -0.1) is 0 Å². The molecular weight excluding hydrogens is 216 g/mol. The van der Waals surface area contributed by atoms with Gasteiger partial charge < -0.3 is 9.67 Å². The van der Waals surface area contributed by atoms with E-state index >= 15 is 0 Å². The number of hydrogen-bond donors (Lipinski definition) is 1. The lowest BCUT2D eigenvalue weighted by Gasteiger charge is -2.21. The van der Waals surface area contributed by atoms with E-state index in [-0.39, 0.29) is 11.2 Å². The number of hydrogen-bond acceptors (Lipinski definition) is 3. The zero-order valence-corrected chi connectivity index (χ0v) is 10.9. The molecule has 0 saturated heterocycles. The molecule has 1 rings (SSSR count). The van der Waals surface area contributed by atoms with Crippen LogP contribution in [0.15, 0.2) is 17.1 Å². The van der Waals surface area contributed by atoms with Crippen LogP contribution < -0.4 is 5.43 Å². The molecule has 0 fully saturated rings. The van der Waals surface area contributed by atoms with Crippen LogP contribution in [-0.4, -0.2) is 27.7 Å². The van der Waals surface area contributed by atoms with Crippen molar-refractivity contribution in [1.82, 2.24) is 9.47 Å². The van der Waals surface area contributed by atoms with Crippen LogP contribution in [0.2, 0.25) is 0 Å². The van der Waals surface area contributed by atoms with Crippen molar-refractivity contribution in [1.29, 1.82) is 0 Å². The van der Waals surface area contributed by atoms with E-state index < -0.39 is 0 Å². The zero-order chi connectivity index (χ0) is 12.8. The van der Waals surface area contributed by atoms with Crippen LogP contribution in [0.25, 0.3) is 0 Å². The van der Waals surface area contributed by atoms with E-state index in [0.717, 1.165) is 25.3 Å². The number of unbranched alkanes of at least 4 members (excludes halogenated alkanes) is 1. The van der Waals surface area contributed by atoms with Crippen molar-refractivity contribution in [3.05, 3.63) is 28.2 Å². The van der Waals surface area contributed by atoms with Crippen LogP contribution in [0.5, 0.6) is 5.75 Å². The van der Waals surface area contributed by atoms with Crippen LogP contribution in [0.3, 0.4) is 0 Å². The fourth-order valence-electron chi connectivity index (χ4n) is 1.77. The number of rotatable bonds is 6. The van der Waals surface area contributed by atoms with Gasteiger partial charge in [0.15, 0.2) is 5.75 Å². The van der Waals surface area contributed by atoms with Crippen LogP contribution in [-0.2, 0) is 13.6 Å². The van der Waals surface area contributed by atoms with Gasteiger partial charge in [-0.1, -0.05) is 20.3 Å². The minimum absolute atomic E-state index is 0.187. The van der Waals surface area contributed by atoms with Crippen molar-refractivity contribution >= 4 is 0 Å². The Balaban J connectivity index is 2.79. The highest BCUT2D eigenvalue weighted by molar-refractivity contribution is 5.20. The first-order chi connectivity index (χ1) is 8.08. The number of aryl methyl sites for hydroxylation is 1. The summed E-state index contributed by atoms with van der Waals surface area (Å²) in [5, 5.41) is 9.31. The van der Waals surface area contributed by atoms with Crippen molar-refractivity contribution in [3.8, 4) is 5.75 Å². The summed E-state index contributed by atoms with van der Waals surface area (Å²) in [6.45, 7) is 7.05. The number of nitrogens with zero attached hydrogens (tertiary/aromatic N) is 2. The van der Waals surface area contributed by atoms with E-state index in [4.69, 9.17) is 0 Å². The Kier molecular flexibility index (Phi) is 5.22. The zero-order valence-electron chi connectivity index (χ0n) is 10.9. The molecule has 0 unspecified atom stereocenters. The van der Waals surface area contributed by atoms with E-state index in [0.29, 0.717) is 0 Å². The predicted molar refractivity (Wildman–Crippen MR) is 69.2 cm³/mol. The number of aromatic hydroxyl groups is 1. The van der Waals surface area contributed by atoms with Gasteiger partial charge in [-0.05, 0) is 19.5 Å². The lowest BCUT2D eigenvalue weighted by Crippen LogP contribution is -2.26. The van der Waals surface area contributed by atoms with Gasteiger partial charge in [-0.3, -0.25) is 9.69 Å². The van der Waals surface area contributed by atoms with Gasteiger partial charge in [-0.25, -0.2) is 0 Å². The molecule has 4 heteroatoms. The molecule has 1 aromatic rings. The molecule has 17 heavy (non-hydrogen) atoms. The summed E-state index contributed by atoms with van der Waals surface area (Å²) in [6, 6.07) is 1.52. The minimum Gasteiger partial charge on any atom is -0.503 e. The Morgan fingerprint density at radius 3 is 2.71 bits per heavy atom. The first-order valence-electron chi connectivity index (χ1n) is 6.19. The molecule has 0 radical (unpaired) electrons. The average molecular weight is 238 g/mol. The summed E-state index contributed by atoms with van der Waals surface area (Å²) in [5.74, 6) is -0.187. The fraction of sp³-hybridized carbons (Fsp3) is 0.615. The van der Waals surface area contributed by atoms with E-state index in [1.54, 1.807) is 0 Å². The molecule has 0 saturated carbocycles. The van der Waals surface area contributed by atoms with Gasteiger partial charge in [-0.2, -0.15) is 0 Å². The van der Waals surface area contributed by atoms with E-state index in [9.17, 15) is 9.90 Å². The normalized spacial score (nSPS) is 11.1. The van der Waals surface area contributed by atoms with Crippen molar-refractivity contribution < 1.29 is 5.11 Å². The summed E-state index contributed by atoms with van der Waals surface area (Å²) >= 11 is 0. The second-order valence-electron chi connectivity index (χ2n) is 4.35. The van der Waals surface area contributed by atoms with E-state index in [2.05, 4.69) is 18.7 Å². The van der Waals surface area contributed by atoms with Crippen LogP contribution in [0.1, 0.15) is 32.4 Å². The monoisotopic (exact) mass is 238 g/mol. The smallest absolute Gasteiger partial charge is 0.223 e. The van der Waals surface area contributed by atoms with Crippen LogP contribution >= 0.6 is 0 Å². The maximum absolute atomic E-state index is 11.4. The Morgan fingerprint density at radius 1 is 1.41 bits per heavy atom. The molecule has 96 valence electrons. The maximum Gasteiger partial charge on any atom is 0.223 e. The van der Waals surface area contributed by atoms with Crippen molar-refractivity contribution in [2.24, 2.45) is 7.05 Å². The number of aromatic nitrogens is 1. The van der Waals surface area contributed by atoms with Gasteiger partial charge in [0.2, 0.25) is 5.43 Å². The van der Waals surface area contributed by atoms with Crippen molar-refractivity contribution in [2.75, 3.05) is 13.1 Å². The Bertz CT molecular complexity index is 412. The largest absolute Gasteiger partial charge is 0.503 e. The summed E-state index contributed by atoms with van der Waals surface area (Å²) in [7, 11) is 1.85. The Morgan fingerprint density at radius 2 is 2.12 bits per heavy atom. The second-order valence-corrected chi connectivity index (χ2v) is 4.35. The van der Waals surface area contributed by atoms with Gasteiger partial charge in [0.05, 0.1) is 0 Å². The summed E-state index contributed by atoms with van der Waals surface area (Å²) in [6.07, 6.45) is 3.82. The van der Waals surface area contributed by atoms with E-state index in [1.807, 2.05) is 11.6 Å². The van der Waals surface area contributed by atoms with Gasteiger partial charge in [0.25, 0.3) is 0 Å². The highest BCUT2D eigenvalue weighted by Gasteiger charge is 2.07. The Hall–Kier alpha value is -1.29. The predicted octanol–water partition coefficient (Wildman–Crippen LogP) is 1.71. The first kappa shape index (κ1) is 13.8. The number of pyridine rings is 1. The SMILES string of the molecule is CCCCN(CC)Cc1cc(=O)c(O)cn1C. The van der Waals surface area contributed by atoms with Crippen LogP contribution in [0.4, 0.5) is 0 Å². The summed E-state index contributed by atoms with van der Waals surface area (Å²) < 4.78 is 1.81. The highest BCUT2D eigenvalue weighted by Crippen LogP contribution is 2.07. The van der Waals surface area contributed by atoms with Crippen molar-refractivity contribution in [3.63, 3.8) is 0 Å². The summed E-state index contributed by atoms with van der Waals surface area (Å²) in [5.41, 5.74) is 0.635. The third-order valence-corrected chi connectivity index (χ3v) is 2.98. The molecule has 0 amide bonds. The molecule has 0 aliphatic heterocycles. The molecule has 1 N–H and O–H groups in total. The molecular formula is C13H22N2O2. The third kappa shape index (κ3) is 3.89. The maximum atomic E-state index is 11.4. The molecule has 1 heterocycles. The van der Waals surface area contributed by atoms with Crippen LogP contribution in [0, 0.1) is 0 Å². The van der Waals surface area contributed by atoms with Gasteiger partial charge >= 0.3 is 0 Å². The van der Waals surface area contributed by atoms with Crippen molar-refractivity contribution in [2.45, 2.75) is 33.2 Å². The minimum atomic E-state index is -0.301. The Labute approximate surface area is 102 Å². The standard InChI is InChI=1S/C13H22N2O2/c1-4-6-7-15(5-2)9-11-8-12(16)13(17)10-14(11)3/h8,10,17H,4-7,9H2,1-3H3. The third-order valence-electron chi connectivity index (χ3n) is 2.98. The topological polar surface area (TPSA) is 45.5 Å². The van der Waals surface area contributed by atoms with Gasteiger partial charge in [0.1, 0.15) is 0 Å². The lowest BCUT2D eigenvalue weighted by atomic mass is 10.2. The van der Waals surface area contributed by atoms with Gasteiger partial charge in [0, 0.05) is 31.5 Å². The quantitative estimate of drug-likeness (QED) is 0.820. The average Bonchev–Trinajstić information content (AvgIpc) is 2.30. The molecule has 1 aromatic heterocycles. The molecule has 0 spiro atoms. The molecule has 0 atom stereocenters. The second kappa shape index (κ2) is 6.45.